The predicted molar refractivity (Wildman–Crippen MR) is 54.9 cm³/mol. The first kappa shape index (κ1) is 10.7. The lowest BCUT2D eigenvalue weighted by molar-refractivity contribution is -0.119. The Kier molecular flexibility index (Phi) is 4.12. The molecule has 1 amide bonds. The van der Waals surface area contributed by atoms with Crippen LogP contribution in [0, 0.1) is 5.92 Å². The fourth-order valence-electron chi connectivity index (χ4n) is 1.03. The lowest BCUT2D eigenvalue weighted by Gasteiger charge is -2.10. The summed E-state index contributed by atoms with van der Waals surface area (Å²) >= 11 is 0. The summed E-state index contributed by atoms with van der Waals surface area (Å²) in [5.74, 6) is 0.416. The number of hydrogen-bond donors (Lipinski definition) is 3. The minimum Gasteiger partial charge on any atom is -0.331 e. The number of rotatable bonds is 5. The maximum atomic E-state index is 11.5. The van der Waals surface area contributed by atoms with Crippen molar-refractivity contribution in [1.82, 2.24) is 15.3 Å². The number of anilines is 1. The zero-order valence-electron chi connectivity index (χ0n) is 8.50. The van der Waals surface area contributed by atoms with Gasteiger partial charge in [0.25, 0.3) is 0 Å². The number of H-pyrrole nitrogens is 1. The monoisotopic (exact) mass is 196 g/mol. The lowest BCUT2D eigenvalue weighted by atomic mass is 10.1. The second kappa shape index (κ2) is 5.39. The maximum absolute atomic E-state index is 11.5. The number of hydrogen-bond acceptors (Lipinski definition) is 3. The molecule has 0 bridgehead atoms. The number of amides is 1. The highest BCUT2D eigenvalue weighted by Crippen LogP contribution is 2.00. The molecule has 0 radical (unpaired) electrons. The third-order valence-electron chi connectivity index (χ3n) is 1.89. The molecule has 1 aromatic heterocycles. The third kappa shape index (κ3) is 3.18. The molecule has 3 N–H and O–H groups in total. The molecule has 1 heterocycles. The number of nitrogens with zero attached hydrogens (tertiary/aromatic N) is 1. The van der Waals surface area contributed by atoms with Crippen molar-refractivity contribution in [2.75, 3.05) is 18.4 Å². The summed E-state index contributed by atoms with van der Waals surface area (Å²) < 4.78 is 0. The zero-order valence-corrected chi connectivity index (χ0v) is 8.50. The van der Waals surface area contributed by atoms with Crippen molar-refractivity contribution in [1.29, 1.82) is 0 Å². The minimum absolute atomic E-state index is 0.0269. The number of carbonyl (C=O) groups is 1. The average molecular weight is 196 g/mol. The van der Waals surface area contributed by atoms with Gasteiger partial charge in [0.15, 0.2) is 0 Å². The molecule has 0 aliphatic carbocycles. The fourth-order valence-corrected chi connectivity index (χ4v) is 1.03. The Bertz CT molecular complexity index is 270. The normalized spacial score (nSPS) is 12.4. The van der Waals surface area contributed by atoms with Gasteiger partial charge in [0.05, 0.1) is 0 Å². The van der Waals surface area contributed by atoms with Crippen molar-refractivity contribution < 1.29 is 4.79 Å². The Labute approximate surface area is 83.3 Å². The molecule has 1 rings (SSSR count). The van der Waals surface area contributed by atoms with Gasteiger partial charge in [0.2, 0.25) is 11.9 Å². The van der Waals surface area contributed by atoms with Gasteiger partial charge in [-0.25, -0.2) is 4.98 Å². The number of aromatic nitrogens is 2. The quantitative estimate of drug-likeness (QED) is 0.645. The van der Waals surface area contributed by atoms with E-state index in [-0.39, 0.29) is 11.8 Å². The van der Waals surface area contributed by atoms with Gasteiger partial charge in [0.1, 0.15) is 0 Å². The van der Waals surface area contributed by atoms with Gasteiger partial charge in [-0.05, 0) is 6.54 Å². The SMILES string of the molecule is CCNCC(C)C(=O)Nc1ncc[nH]1. The molecule has 14 heavy (non-hydrogen) atoms. The Balaban J connectivity index is 2.34. The smallest absolute Gasteiger partial charge is 0.230 e. The summed E-state index contributed by atoms with van der Waals surface area (Å²) in [5.41, 5.74) is 0. The Morgan fingerprint density at radius 1 is 1.71 bits per heavy atom. The highest BCUT2D eigenvalue weighted by Gasteiger charge is 2.12. The van der Waals surface area contributed by atoms with Crippen LogP contribution < -0.4 is 10.6 Å². The average Bonchev–Trinajstić information content (AvgIpc) is 2.66. The molecule has 5 heteroatoms. The molecule has 5 nitrogen and oxygen atoms in total. The number of carbonyl (C=O) groups excluding carboxylic acids is 1. The van der Waals surface area contributed by atoms with Crippen LogP contribution in [0.3, 0.4) is 0 Å². The van der Waals surface area contributed by atoms with Crippen molar-refractivity contribution >= 4 is 11.9 Å². The van der Waals surface area contributed by atoms with E-state index in [0.29, 0.717) is 12.5 Å². The van der Waals surface area contributed by atoms with Crippen LogP contribution in [0.2, 0.25) is 0 Å². The molecule has 0 aliphatic rings. The summed E-state index contributed by atoms with van der Waals surface area (Å²) in [6.45, 7) is 5.44. The lowest BCUT2D eigenvalue weighted by Crippen LogP contribution is -2.30. The largest absolute Gasteiger partial charge is 0.331 e. The first-order valence-electron chi connectivity index (χ1n) is 4.75. The van der Waals surface area contributed by atoms with Gasteiger partial charge in [-0.15, -0.1) is 0 Å². The molecule has 0 fully saturated rings. The van der Waals surface area contributed by atoms with Crippen LogP contribution in [0.15, 0.2) is 12.4 Å². The van der Waals surface area contributed by atoms with E-state index in [1.54, 1.807) is 12.4 Å². The predicted octanol–water partition coefficient (Wildman–Crippen LogP) is 0.594. The van der Waals surface area contributed by atoms with E-state index >= 15 is 0 Å². The molecule has 1 aromatic rings. The molecule has 1 unspecified atom stereocenters. The van der Waals surface area contributed by atoms with Crippen molar-refractivity contribution in [3.63, 3.8) is 0 Å². The number of aromatic amines is 1. The molecule has 78 valence electrons. The highest BCUT2D eigenvalue weighted by molar-refractivity contribution is 5.90. The molecule has 0 saturated carbocycles. The second-order valence-corrected chi connectivity index (χ2v) is 3.14. The topological polar surface area (TPSA) is 69.8 Å². The van der Waals surface area contributed by atoms with Crippen LogP contribution in [0.4, 0.5) is 5.95 Å². The van der Waals surface area contributed by atoms with Crippen molar-refractivity contribution in [3.05, 3.63) is 12.4 Å². The van der Waals surface area contributed by atoms with E-state index in [4.69, 9.17) is 0 Å². The van der Waals surface area contributed by atoms with Crippen LogP contribution in [-0.4, -0.2) is 29.0 Å². The summed E-state index contributed by atoms with van der Waals surface area (Å²) in [5, 5.41) is 5.80. The van der Waals surface area contributed by atoms with E-state index in [1.165, 1.54) is 0 Å². The third-order valence-corrected chi connectivity index (χ3v) is 1.89. The molecule has 0 saturated heterocycles. The summed E-state index contributed by atoms with van der Waals surface area (Å²) in [6.07, 6.45) is 3.27. The first-order valence-corrected chi connectivity index (χ1v) is 4.75. The van der Waals surface area contributed by atoms with Gasteiger partial charge in [-0.3, -0.25) is 10.1 Å². The molecule has 1 atom stereocenters. The maximum Gasteiger partial charge on any atom is 0.230 e. The Morgan fingerprint density at radius 2 is 2.50 bits per heavy atom. The second-order valence-electron chi connectivity index (χ2n) is 3.14. The van der Waals surface area contributed by atoms with Gasteiger partial charge in [-0.2, -0.15) is 0 Å². The van der Waals surface area contributed by atoms with Gasteiger partial charge >= 0.3 is 0 Å². The molecule has 0 spiro atoms. The van der Waals surface area contributed by atoms with E-state index < -0.39 is 0 Å². The standard InChI is InChI=1S/C9H16N4O/c1-3-10-6-7(2)8(14)13-9-11-4-5-12-9/h4-5,7,10H,3,6H2,1-2H3,(H2,11,12,13,14). The van der Waals surface area contributed by atoms with Crippen molar-refractivity contribution in [3.8, 4) is 0 Å². The molecule has 0 aliphatic heterocycles. The van der Waals surface area contributed by atoms with E-state index in [1.807, 2.05) is 13.8 Å². The number of nitrogens with one attached hydrogen (secondary N) is 3. The van der Waals surface area contributed by atoms with Gasteiger partial charge in [-0.1, -0.05) is 13.8 Å². The van der Waals surface area contributed by atoms with Crippen LogP contribution in [-0.2, 0) is 4.79 Å². The van der Waals surface area contributed by atoms with E-state index in [9.17, 15) is 4.79 Å². The van der Waals surface area contributed by atoms with Crippen LogP contribution in [0.25, 0.3) is 0 Å². The fraction of sp³-hybridized carbons (Fsp3) is 0.556. The summed E-state index contributed by atoms with van der Waals surface area (Å²) in [6, 6.07) is 0. The minimum atomic E-state index is -0.0555. The summed E-state index contributed by atoms with van der Waals surface area (Å²) in [4.78, 5) is 18.2. The van der Waals surface area contributed by atoms with E-state index in [2.05, 4.69) is 20.6 Å². The van der Waals surface area contributed by atoms with Gasteiger partial charge < -0.3 is 10.3 Å². The number of imidazole rings is 1. The van der Waals surface area contributed by atoms with Crippen molar-refractivity contribution in [2.24, 2.45) is 5.92 Å². The summed E-state index contributed by atoms with van der Waals surface area (Å²) in [7, 11) is 0. The molecule has 0 aromatic carbocycles. The van der Waals surface area contributed by atoms with Crippen LogP contribution >= 0.6 is 0 Å². The van der Waals surface area contributed by atoms with Crippen molar-refractivity contribution in [2.45, 2.75) is 13.8 Å². The van der Waals surface area contributed by atoms with Crippen LogP contribution in [0.1, 0.15) is 13.8 Å². The first-order chi connectivity index (χ1) is 6.74. The molecular formula is C9H16N4O. The zero-order chi connectivity index (χ0) is 10.4. The Hall–Kier alpha value is -1.36. The highest BCUT2D eigenvalue weighted by atomic mass is 16.2. The van der Waals surface area contributed by atoms with E-state index in [0.717, 1.165) is 6.54 Å². The van der Waals surface area contributed by atoms with Gasteiger partial charge in [0, 0.05) is 24.9 Å². The molecular weight excluding hydrogens is 180 g/mol. The van der Waals surface area contributed by atoms with Crippen LogP contribution in [0.5, 0.6) is 0 Å². The Morgan fingerprint density at radius 3 is 3.07 bits per heavy atom.